The van der Waals surface area contributed by atoms with Crippen LogP contribution in [0.3, 0.4) is 0 Å². The van der Waals surface area contributed by atoms with Crippen LogP contribution in [-0.4, -0.2) is 18.1 Å². The van der Waals surface area contributed by atoms with E-state index >= 15 is 0 Å². The van der Waals surface area contributed by atoms with Gasteiger partial charge in [0.2, 0.25) is 0 Å². The van der Waals surface area contributed by atoms with E-state index in [4.69, 9.17) is 18.0 Å². The molecule has 0 bridgehead atoms. The van der Waals surface area contributed by atoms with Crippen LogP contribution in [-0.2, 0) is 0 Å². The highest BCUT2D eigenvalue weighted by atomic mass is 32.1. The molecular weight excluding hydrogens is 300 g/mol. The van der Waals surface area contributed by atoms with Gasteiger partial charge in [-0.25, -0.2) is 0 Å². The summed E-state index contributed by atoms with van der Waals surface area (Å²) >= 11 is 4.82. The zero-order valence-corrected chi connectivity index (χ0v) is 16.3. The maximum atomic E-state index is 5.43. The van der Waals surface area contributed by atoms with Crippen molar-refractivity contribution in [1.29, 1.82) is 0 Å². The molecule has 0 radical (unpaired) electrons. The van der Waals surface area contributed by atoms with Gasteiger partial charge in [-0.1, -0.05) is 89.1 Å². The van der Waals surface area contributed by atoms with Gasteiger partial charge in [-0.05, 0) is 38.6 Å². The average Bonchev–Trinajstić information content (AvgIpc) is 2.53. The summed E-state index contributed by atoms with van der Waals surface area (Å²) in [6.45, 7) is 4.00. The van der Waals surface area contributed by atoms with Crippen LogP contribution < -0.4 is 11.1 Å². The molecule has 0 rings (SSSR count). The van der Waals surface area contributed by atoms with Crippen molar-refractivity contribution in [3.05, 3.63) is 12.2 Å². The van der Waals surface area contributed by atoms with Gasteiger partial charge in [0.05, 0.1) is 4.99 Å². The molecule has 0 fully saturated rings. The molecule has 2 nitrogen and oxygen atoms in total. The molecule has 0 aromatic heterocycles. The zero-order valence-electron chi connectivity index (χ0n) is 15.5. The van der Waals surface area contributed by atoms with Crippen LogP contribution in [0.4, 0.5) is 0 Å². The molecule has 0 aliphatic carbocycles. The molecule has 0 aromatic rings. The number of hydrogen-bond donors (Lipinski definition) is 2. The topological polar surface area (TPSA) is 38.0 Å². The Hall–Kier alpha value is -0.410. The first-order valence-electron chi connectivity index (χ1n) is 9.91. The molecule has 0 atom stereocenters. The lowest BCUT2D eigenvalue weighted by molar-refractivity contribution is 0.579. The van der Waals surface area contributed by atoms with Crippen molar-refractivity contribution in [2.45, 2.75) is 96.8 Å². The molecule has 0 saturated heterocycles. The summed E-state index contributed by atoms with van der Waals surface area (Å²) in [6.07, 6.45) is 23.8. The third kappa shape index (κ3) is 21.6. The fourth-order valence-electron chi connectivity index (χ4n) is 2.71. The average molecular weight is 341 g/mol. The minimum absolute atomic E-state index is 0.564. The first-order chi connectivity index (χ1) is 11.3. The third-order valence-corrected chi connectivity index (χ3v) is 4.31. The van der Waals surface area contributed by atoms with Crippen LogP contribution in [0, 0.1) is 0 Å². The number of nitrogens with one attached hydrogen (secondary N) is 1. The van der Waals surface area contributed by atoms with Gasteiger partial charge >= 0.3 is 0 Å². The largest absolute Gasteiger partial charge is 0.392 e. The molecule has 23 heavy (non-hydrogen) atoms. The molecule has 0 aromatic carbocycles. The first kappa shape index (κ1) is 22.6. The number of hydrogen-bond acceptors (Lipinski definition) is 2. The molecule has 0 aliphatic rings. The highest BCUT2D eigenvalue weighted by Crippen LogP contribution is 2.09. The molecule has 0 amide bonds. The zero-order chi connectivity index (χ0) is 17.0. The Bertz CT molecular complexity index is 277. The Balaban J connectivity index is 3.06. The molecule has 0 aliphatic heterocycles. The van der Waals surface area contributed by atoms with E-state index in [-0.39, 0.29) is 0 Å². The molecule has 136 valence electrons. The maximum absolute atomic E-state index is 5.43. The Morgan fingerprint density at radius 2 is 1.26 bits per heavy atom. The fourth-order valence-corrected chi connectivity index (χ4v) is 2.81. The van der Waals surface area contributed by atoms with Crippen molar-refractivity contribution in [3.63, 3.8) is 0 Å². The van der Waals surface area contributed by atoms with Crippen molar-refractivity contribution in [2.24, 2.45) is 5.73 Å². The molecule has 0 unspecified atom stereocenters. The van der Waals surface area contributed by atoms with Crippen LogP contribution >= 0.6 is 12.2 Å². The van der Waals surface area contributed by atoms with Crippen LogP contribution in [0.25, 0.3) is 0 Å². The molecule has 0 heterocycles. The summed E-state index contributed by atoms with van der Waals surface area (Å²) in [4.78, 5) is 0.564. The van der Waals surface area contributed by atoms with Crippen molar-refractivity contribution in [3.8, 4) is 0 Å². The summed E-state index contributed by atoms with van der Waals surface area (Å²) in [6, 6.07) is 0. The number of rotatable bonds is 18. The standard InChI is InChI=1S/C20H40N2S/c1-2-3-4-5-6-7-8-9-10-11-12-13-14-15-16-17-18-22-19-20(21)23/h9-10,22H,2-8,11-19H2,1H3,(H2,21,23)/b10-9-. The van der Waals surface area contributed by atoms with Gasteiger partial charge in [-0.2, -0.15) is 0 Å². The highest BCUT2D eigenvalue weighted by Gasteiger charge is 1.92. The first-order valence-corrected chi connectivity index (χ1v) is 10.3. The lowest BCUT2D eigenvalue weighted by atomic mass is 10.1. The Labute approximate surface area is 150 Å². The van der Waals surface area contributed by atoms with Crippen molar-refractivity contribution in [2.75, 3.05) is 13.1 Å². The van der Waals surface area contributed by atoms with Gasteiger partial charge in [-0.3, -0.25) is 0 Å². The van der Waals surface area contributed by atoms with Crippen LogP contribution in [0.1, 0.15) is 96.8 Å². The van der Waals surface area contributed by atoms with Crippen molar-refractivity contribution < 1.29 is 0 Å². The minimum Gasteiger partial charge on any atom is -0.392 e. The quantitative estimate of drug-likeness (QED) is 0.185. The van der Waals surface area contributed by atoms with Crippen LogP contribution in [0.2, 0.25) is 0 Å². The molecular formula is C20H40N2S. The number of unbranched alkanes of at least 4 members (excludes halogenated alkanes) is 12. The lowest BCUT2D eigenvalue weighted by Gasteiger charge is -2.03. The predicted molar refractivity (Wildman–Crippen MR) is 109 cm³/mol. The summed E-state index contributed by atoms with van der Waals surface area (Å²) in [5, 5.41) is 3.26. The van der Waals surface area contributed by atoms with Crippen molar-refractivity contribution in [1.82, 2.24) is 5.32 Å². The second-order valence-corrected chi connectivity index (χ2v) is 7.11. The smallest absolute Gasteiger partial charge is 0.0867 e. The van der Waals surface area contributed by atoms with Gasteiger partial charge in [0, 0.05) is 6.54 Å². The monoisotopic (exact) mass is 340 g/mol. The van der Waals surface area contributed by atoms with Gasteiger partial charge in [0.25, 0.3) is 0 Å². The second-order valence-electron chi connectivity index (χ2n) is 6.58. The Kier molecular flexibility index (Phi) is 19.3. The lowest BCUT2D eigenvalue weighted by Crippen LogP contribution is -2.27. The van der Waals surface area contributed by atoms with Crippen LogP contribution in [0.15, 0.2) is 12.2 Å². The van der Waals surface area contributed by atoms with E-state index in [1.165, 1.54) is 89.9 Å². The molecule has 3 N–H and O–H groups in total. The molecule has 0 saturated carbocycles. The fraction of sp³-hybridized carbons (Fsp3) is 0.850. The van der Waals surface area contributed by atoms with E-state index in [1.807, 2.05) is 0 Å². The van der Waals surface area contributed by atoms with Gasteiger partial charge in [0.15, 0.2) is 0 Å². The van der Waals surface area contributed by atoms with E-state index < -0.39 is 0 Å². The van der Waals surface area contributed by atoms with Crippen molar-refractivity contribution >= 4 is 17.2 Å². The van der Waals surface area contributed by atoms with E-state index in [0.717, 1.165) is 6.54 Å². The SMILES string of the molecule is CCCCCCCC/C=C\CCCCCCCCNCC(N)=S. The summed E-state index contributed by atoms with van der Waals surface area (Å²) < 4.78 is 0. The van der Waals surface area contributed by atoms with Crippen LogP contribution in [0.5, 0.6) is 0 Å². The highest BCUT2D eigenvalue weighted by molar-refractivity contribution is 7.80. The Morgan fingerprint density at radius 1 is 0.783 bits per heavy atom. The summed E-state index contributed by atoms with van der Waals surface area (Å²) in [5.41, 5.74) is 5.43. The van der Waals surface area contributed by atoms with Gasteiger partial charge in [0.1, 0.15) is 0 Å². The Morgan fingerprint density at radius 3 is 1.78 bits per heavy atom. The van der Waals surface area contributed by atoms with E-state index in [1.54, 1.807) is 0 Å². The number of nitrogens with two attached hydrogens (primary N) is 1. The maximum Gasteiger partial charge on any atom is 0.0867 e. The summed E-state index contributed by atoms with van der Waals surface area (Å²) in [5.74, 6) is 0. The van der Waals surface area contributed by atoms with E-state index in [9.17, 15) is 0 Å². The number of thiocarbonyl (C=S) groups is 1. The van der Waals surface area contributed by atoms with E-state index in [2.05, 4.69) is 24.4 Å². The van der Waals surface area contributed by atoms with E-state index in [0.29, 0.717) is 11.5 Å². The minimum atomic E-state index is 0.564. The van der Waals surface area contributed by atoms with Gasteiger partial charge < -0.3 is 11.1 Å². The molecule has 0 spiro atoms. The predicted octanol–water partition coefficient (Wildman–Crippen LogP) is 5.90. The molecule has 3 heteroatoms. The number of allylic oxidation sites excluding steroid dienone is 2. The third-order valence-electron chi connectivity index (χ3n) is 4.16. The van der Waals surface area contributed by atoms with Gasteiger partial charge in [-0.15, -0.1) is 0 Å². The second kappa shape index (κ2) is 19.6. The summed E-state index contributed by atoms with van der Waals surface area (Å²) in [7, 11) is 0. The normalized spacial score (nSPS) is 11.3.